The van der Waals surface area contributed by atoms with E-state index in [1.807, 2.05) is 11.8 Å². The summed E-state index contributed by atoms with van der Waals surface area (Å²) in [5, 5.41) is 2.73. The van der Waals surface area contributed by atoms with Gasteiger partial charge in [0.1, 0.15) is 6.61 Å². The quantitative estimate of drug-likeness (QED) is 0.618. The Morgan fingerprint density at radius 1 is 1.33 bits per heavy atom. The maximum Gasteiger partial charge on any atom is 0.338 e. The normalized spacial score (nSPS) is 16.5. The van der Waals surface area contributed by atoms with Gasteiger partial charge in [-0.25, -0.2) is 18.2 Å². The predicted octanol–water partition coefficient (Wildman–Crippen LogP) is 2.48. The van der Waals surface area contributed by atoms with Crippen LogP contribution in [-0.4, -0.2) is 49.3 Å². The van der Waals surface area contributed by atoms with Crippen molar-refractivity contribution >= 4 is 61.0 Å². The summed E-state index contributed by atoms with van der Waals surface area (Å²) < 4.78 is 32.6. The van der Waals surface area contributed by atoms with Crippen molar-refractivity contribution in [2.24, 2.45) is 4.40 Å². The maximum atomic E-state index is 12.5. The monoisotopic (exact) mass is 466 g/mol. The summed E-state index contributed by atoms with van der Waals surface area (Å²) in [7, 11) is -3.43. The van der Waals surface area contributed by atoms with Crippen LogP contribution in [0.3, 0.4) is 0 Å². The molecular formula is C18H18N4O5S3. The van der Waals surface area contributed by atoms with E-state index >= 15 is 0 Å². The van der Waals surface area contributed by atoms with Crippen LogP contribution < -0.4 is 9.80 Å². The van der Waals surface area contributed by atoms with Crippen molar-refractivity contribution in [3.8, 4) is 0 Å². The van der Waals surface area contributed by atoms with E-state index in [0.717, 1.165) is 10.6 Å². The van der Waals surface area contributed by atoms with Crippen LogP contribution in [0.25, 0.3) is 0 Å². The number of rotatable bonds is 5. The third-order valence-electron chi connectivity index (χ3n) is 4.53. The number of carbonyl (C=O) groups is 2. The first-order valence-corrected chi connectivity index (χ1v) is 12.4. The molecule has 158 valence electrons. The number of esters is 1. The number of benzene rings is 1. The number of hydrogen-bond donors (Lipinski definition) is 0. The molecule has 0 spiro atoms. The fourth-order valence-electron chi connectivity index (χ4n) is 3.06. The van der Waals surface area contributed by atoms with Crippen LogP contribution in [0.5, 0.6) is 0 Å². The van der Waals surface area contributed by atoms with Crippen molar-refractivity contribution in [1.29, 1.82) is 0 Å². The molecule has 0 saturated carbocycles. The van der Waals surface area contributed by atoms with Crippen molar-refractivity contribution in [2.75, 3.05) is 28.6 Å². The standard InChI is InChI=1S/C18H18N4O5S3/c1-3-21(11(2)23)17-19-13(10-28-17)9-27-16(24)12-4-5-14-15(8-12)29-18-20-30(25,26)7-6-22(14)18/h4-5,8,10H,3,6-7,9H2,1-2H3. The highest BCUT2D eigenvalue weighted by Gasteiger charge is 2.33. The van der Waals surface area contributed by atoms with Gasteiger partial charge >= 0.3 is 5.97 Å². The molecule has 0 N–H and O–H groups in total. The Hall–Kier alpha value is -2.44. The zero-order chi connectivity index (χ0) is 21.5. The Bertz CT molecular complexity index is 1160. The van der Waals surface area contributed by atoms with Crippen molar-refractivity contribution in [1.82, 2.24) is 4.98 Å². The Kier molecular flexibility index (Phi) is 5.55. The number of nitrogens with zero attached hydrogens (tertiary/aromatic N) is 4. The zero-order valence-corrected chi connectivity index (χ0v) is 18.6. The lowest BCUT2D eigenvalue weighted by Crippen LogP contribution is -2.35. The van der Waals surface area contributed by atoms with Crippen LogP contribution in [0, 0.1) is 0 Å². The van der Waals surface area contributed by atoms with Crippen molar-refractivity contribution in [3.63, 3.8) is 0 Å². The molecule has 0 unspecified atom stereocenters. The molecule has 2 aromatic rings. The second-order valence-corrected chi connectivity index (χ2v) is 10.2. The van der Waals surface area contributed by atoms with Crippen LogP contribution in [-0.2, 0) is 26.2 Å². The molecule has 0 fully saturated rings. The lowest BCUT2D eigenvalue weighted by atomic mass is 10.2. The lowest BCUT2D eigenvalue weighted by molar-refractivity contribution is -0.116. The Balaban J connectivity index is 1.44. The zero-order valence-electron chi connectivity index (χ0n) is 16.2. The predicted molar refractivity (Wildman–Crippen MR) is 116 cm³/mol. The van der Waals surface area contributed by atoms with E-state index in [2.05, 4.69) is 9.38 Å². The first kappa shape index (κ1) is 20.8. The van der Waals surface area contributed by atoms with Crippen LogP contribution >= 0.6 is 23.1 Å². The summed E-state index contributed by atoms with van der Waals surface area (Å²) in [6.07, 6.45) is 0. The van der Waals surface area contributed by atoms with E-state index in [9.17, 15) is 18.0 Å². The van der Waals surface area contributed by atoms with Gasteiger partial charge in [0, 0.05) is 30.3 Å². The summed E-state index contributed by atoms with van der Waals surface area (Å²) >= 11 is 2.54. The smallest absolute Gasteiger partial charge is 0.338 e. The average molecular weight is 467 g/mol. The van der Waals surface area contributed by atoms with Gasteiger partial charge in [0.15, 0.2) is 10.3 Å². The molecule has 2 aliphatic rings. The maximum absolute atomic E-state index is 12.5. The summed E-state index contributed by atoms with van der Waals surface area (Å²) in [6, 6.07) is 5.10. The summed E-state index contributed by atoms with van der Waals surface area (Å²) in [5.41, 5.74) is 1.76. The van der Waals surface area contributed by atoms with E-state index in [1.54, 1.807) is 28.5 Å². The first-order valence-electron chi connectivity index (χ1n) is 9.09. The van der Waals surface area contributed by atoms with Gasteiger partial charge in [0.05, 0.1) is 22.7 Å². The van der Waals surface area contributed by atoms with Gasteiger partial charge in [-0.1, -0.05) is 0 Å². The number of fused-ring (bicyclic) bond motifs is 3. The largest absolute Gasteiger partial charge is 0.456 e. The molecular weight excluding hydrogens is 448 g/mol. The number of sulfonamides is 1. The van der Waals surface area contributed by atoms with Crippen LogP contribution in [0.2, 0.25) is 0 Å². The van der Waals surface area contributed by atoms with Crippen LogP contribution in [0.15, 0.2) is 32.9 Å². The topological polar surface area (TPSA) is 109 Å². The molecule has 12 heteroatoms. The number of thioether (sulfide) groups is 1. The molecule has 3 heterocycles. The SMILES string of the molecule is CCN(C(C)=O)c1nc(COC(=O)c2ccc3c(c2)SC2=NS(=O)(=O)CCN23)cs1. The van der Waals surface area contributed by atoms with Crippen molar-refractivity contribution in [3.05, 3.63) is 34.8 Å². The number of amides is 1. The fourth-order valence-corrected chi connectivity index (χ4v) is 6.27. The van der Waals surface area contributed by atoms with E-state index < -0.39 is 16.0 Å². The van der Waals surface area contributed by atoms with Gasteiger partial charge < -0.3 is 9.64 Å². The number of hydrogen-bond acceptors (Lipinski definition) is 9. The van der Waals surface area contributed by atoms with E-state index in [4.69, 9.17) is 4.74 Å². The molecule has 2 aliphatic heterocycles. The lowest BCUT2D eigenvalue weighted by Gasteiger charge is -2.22. The number of amidine groups is 1. The molecule has 0 atom stereocenters. The molecule has 0 bridgehead atoms. The first-order chi connectivity index (χ1) is 14.3. The average Bonchev–Trinajstić information content (AvgIpc) is 3.28. The van der Waals surface area contributed by atoms with Gasteiger partial charge in [-0.3, -0.25) is 9.69 Å². The highest BCUT2D eigenvalue weighted by atomic mass is 32.2. The highest BCUT2D eigenvalue weighted by Crippen LogP contribution is 2.42. The van der Waals surface area contributed by atoms with Crippen molar-refractivity contribution in [2.45, 2.75) is 25.3 Å². The van der Waals surface area contributed by atoms with Gasteiger partial charge in [-0.15, -0.1) is 15.7 Å². The second-order valence-electron chi connectivity index (χ2n) is 6.56. The van der Waals surface area contributed by atoms with E-state index in [0.29, 0.717) is 34.6 Å². The van der Waals surface area contributed by atoms with E-state index in [-0.39, 0.29) is 18.3 Å². The summed E-state index contributed by atoms with van der Waals surface area (Å²) in [5.74, 6) is -0.638. The molecule has 0 saturated heterocycles. The minimum absolute atomic E-state index is 0.00784. The highest BCUT2D eigenvalue weighted by molar-refractivity contribution is 8.15. The van der Waals surface area contributed by atoms with Crippen LogP contribution in [0.1, 0.15) is 29.9 Å². The van der Waals surface area contributed by atoms with Gasteiger partial charge in [0.25, 0.3) is 10.0 Å². The summed E-state index contributed by atoms with van der Waals surface area (Å²) in [6.45, 7) is 4.18. The molecule has 0 aliphatic carbocycles. The summed E-state index contributed by atoms with van der Waals surface area (Å²) in [4.78, 5) is 32.6. The Labute approximate surface area is 181 Å². The number of aromatic nitrogens is 1. The molecule has 9 nitrogen and oxygen atoms in total. The Morgan fingerprint density at radius 2 is 2.13 bits per heavy atom. The van der Waals surface area contributed by atoms with Crippen LogP contribution in [0.4, 0.5) is 10.8 Å². The molecule has 30 heavy (non-hydrogen) atoms. The number of carbonyl (C=O) groups excluding carboxylic acids is 2. The third kappa shape index (κ3) is 4.07. The Morgan fingerprint density at radius 3 is 2.87 bits per heavy atom. The van der Waals surface area contributed by atoms with Gasteiger partial charge in [-0.2, -0.15) is 0 Å². The molecule has 1 aromatic carbocycles. The van der Waals surface area contributed by atoms with Crippen molar-refractivity contribution < 1.29 is 22.7 Å². The molecule has 1 amide bonds. The fraction of sp³-hybridized carbons (Fsp3) is 0.333. The molecule has 0 radical (unpaired) electrons. The second kappa shape index (κ2) is 8.00. The van der Waals surface area contributed by atoms with E-state index in [1.165, 1.54) is 30.0 Å². The number of thiazole rings is 1. The molecule has 4 rings (SSSR count). The minimum atomic E-state index is -3.43. The molecule has 1 aromatic heterocycles. The number of anilines is 2. The third-order valence-corrected chi connectivity index (χ3v) is 7.75. The van der Waals surface area contributed by atoms with Gasteiger partial charge in [0.2, 0.25) is 5.91 Å². The van der Waals surface area contributed by atoms with Gasteiger partial charge in [-0.05, 0) is 36.9 Å². The number of ether oxygens (including phenoxy) is 1. The minimum Gasteiger partial charge on any atom is -0.456 e.